The summed E-state index contributed by atoms with van der Waals surface area (Å²) in [5, 5.41) is 0. The van der Waals surface area contributed by atoms with Gasteiger partial charge in [0.2, 0.25) is 5.91 Å². The van der Waals surface area contributed by atoms with E-state index in [-0.39, 0.29) is 11.8 Å². The first-order valence-electron chi connectivity index (χ1n) is 9.03. The van der Waals surface area contributed by atoms with Crippen LogP contribution in [0.5, 0.6) is 11.5 Å². The van der Waals surface area contributed by atoms with Crippen molar-refractivity contribution in [2.75, 3.05) is 40.4 Å². The van der Waals surface area contributed by atoms with Crippen LogP contribution in [0.1, 0.15) is 22.5 Å². The van der Waals surface area contributed by atoms with Gasteiger partial charge in [-0.25, -0.2) is 0 Å². The molecular formula is C20H25N3O4. The number of ether oxygens (including phenoxy) is 2. The first-order valence-corrected chi connectivity index (χ1v) is 9.03. The number of carbonyl (C=O) groups excluding carboxylic acids is 2. The number of H-pyrrole nitrogens is 1. The van der Waals surface area contributed by atoms with Crippen molar-refractivity contribution in [2.24, 2.45) is 0 Å². The third-order valence-corrected chi connectivity index (χ3v) is 4.77. The molecule has 144 valence electrons. The summed E-state index contributed by atoms with van der Waals surface area (Å²) in [5.41, 5.74) is 1.46. The third kappa shape index (κ3) is 4.42. The minimum absolute atomic E-state index is 0.0193. The average Bonchev–Trinajstić information content (AvgIpc) is 3.11. The van der Waals surface area contributed by atoms with Crippen molar-refractivity contribution in [3.8, 4) is 11.5 Å². The van der Waals surface area contributed by atoms with E-state index < -0.39 is 0 Å². The Labute approximate surface area is 158 Å². The lowest BCUT2D eigenvalue weighted by Crippen LogP contribution is -2.38. The molecule has 1 fully saturated rings. The number of hydrogen-bond acceptors (Lipinski definition) is 4. The Morgan fingerprint density at radius 3 is 2.44 bits per heavy atom. The molecule has 2 aromatic rings. The maximum atomic E-state index is 12.7. The Morgan fingerprint density at radius 1 is 1.00 bits per heavy atom. The summed E-state index contributed by atoms with van der Waals surface area (Å²) >= 11 is 0. The van der Waals surface area contributed by atoms with Gasteiger partial charge in [0.25, 0.3) is 5.91 Å². The second-order valence-corrected chi connectivity index (χ2v) is 6.48. The number of aromatic amines is 1. The molecule has 3 rings (SSSR count). The largest absolute Gasteiger partial charge is 0.493 e. The fraction of sp³-hybridized carbons (Fsp3) is 0.400. The van der Waals surface area contributed by atoms with Gasteiger partial charge in [0.1, 0.15) is 5.69 Å². The van der Waals surface area contributed by atoms with E-state index in [0.29, 0.717) is 49.8 Å². The Kier molecular flexibility index (Phi) is 6.01. The van der Waals surface area contributed by atoms with Crippen LogP contribution in [-0.4, -0.2) is 67.0 Å². The number of benzene rings is 1. The highest BCUT2D eigenvalue weighted by molar-refractivity contribution is 5.92. The van der Waals surface area contributed by atoms with Gasteiger partial charge in [0.05, 0.1) is 20.6 Å². The molecule has 0 unspecified atom stereocenters. The van der Waals surface area contributed by atoms with Gasteiger partial charge in [-0.1, -0.05) is 6.07 Å². The zero-order valence-electron chi connectivity index (χ0n) is 15.7. The Balaban J connectivity index is 1.60. The molecule has 2 amide bonds. The first-order chi connectivity index (χ1) is 13.1. The van der Waals surface area contributed by atoms with Gasteiger partial charge in [-0.15, -0.1) is 0 Å². The summed E-state index contributed by atoms with van der Waals surface area (Å²) in [5.74, 6) is 1.29. The summed E-state index contributed by atoms with van der Waals surface area (Å²) in [7, 11) is 3.16. The second kappa shape index (κ2) is 8.62. The van der Waals surface area contributed by atoms with E-state index >= 15 is 0 Å². The molecule has 1 aromatic heterocycles. The van der Waals surface area contributed by atoms with E-state index in [1.165, 1.54) is 0 Å². The molecule has 1 N–H and O–H groups in total. The number of nitrogens with one attached hydrogen (secondary N) is 1. The molecule has 0 atom stereocenters. The van der Waals surface area contributed by atoms with Crippen LogP contribution in [0.25, 0.3) is 0 Å². The van der Waals surface area contributed by atoms with Gasteiger partial charge in [-0.3, -0.25) is 9.59 Å². The highest BCUT2D eigenvalue weighted by atomic mass is 16.5. The van der Waals surface area contributed by atoms with Crippen molar-refractivity contribution in [1.29, 1.82) is 0 Å². The zero-order chi connectivity index (χ0) is 19.2. The monoisotopic (exact) mass is 371 g/mol. The molecule has 27 heavy (non-hydrogen) atoms. The fourth-order valence-corrected chi connectivity index (χ4v) is 3.28. The smallest absolute Gasteiger partial charge is 0.270 e. The number of rotatable bonds is 5. The molecule has 0 radical (unpaired) electrons. The fourth-order valence-electron chi connectivity index (χ4n) is 3.28. The summed E-state index contributed by atoms with van der Waals surface area (Å²) < 4.78 is 10.5. The van der Waals surface area contributed by atoms with Crippen molar-refractivity contribution >= 4 is 11.8 Å². The van der Waals surface area contributed by atoms with Crippen molar-refractivity contribution in [2.45, 2.75) is 12.8 Å². The van der Waals surface area contributed by atoms with Crippen molar-refractivity contribution in [3.05, 3.63) is 47.8 Å². The number of carbonyl (C=O) groups is 2. The van der Waals surface area contributed by atoms with Crippen LogP contribution in [0.2, 0.25) is 0 Å². The van der Waals surface area contributed by atoms with Gasteiger partial charge in [0, 0.05) is 32.4 Å². The van der Waals surface area contributed by atoms with Crippen LogP contribution >= 0.6 is 0 Å². The third-order valence-electron chi connectivity index (χ3n) is 4.77. The maximum absolute atomic E-state index is 12.7. The van der Waals surface area contributed by atoms with Crippen LogP contribution in [0.15, 0.2) is 36.5 Å². The lowest BCUT2D eigenvalue weighted by Gasteiger charge is -2.22. The predicted octanol–water partition coefficient (Wildman–Crippen LogP) is 1.95. The summed E-state index contributed by atoms with van der Waals surface area (Å²) in [4.78, 5) is 31.8. The van der Waals surface area contributed by atoms with Gasteiger partial charge in [-0.05, 0) is 36.2 Å². The lowest BCUT2D eigenvalue weighted by atomic mass is 10.1. The second-order valence-electron chi connectivity index (χ2n) is 6.48. The number of methoxy groups -OCH3 is 2. The number of nitrogens with zero attached hydrogens (tertiary/aromatic N) is 2. The topological polar surface area (TPSA) is 74.9 Å². The van der Waals surface area contributed by atoms with E-state index in [2.05, 4.69) is 4.98 Å². The van der Waals surface area contributed by atoms with Gasteiger partial charge in [-0.2, -0.15) is 0 Å². The summed E-state index contributed by atoms with van der Waals surface area (Å²) in [6.07, 6.45) is 2.80. The molecule has 0 saturated carbocycles. The molecule has 1 aliphatic heterocycles. The van der Waals surface area contributed by atoms with Crippen molar-refractivity contribution in [1.82, 2.24) is 14.8 Å². The minimum atomic E-state index is -0.0193. The zero-order valence-corrected chi connectivity index (χ0v) is 15.7. The molecular weight excluding hydrogens is 346 g/mol. The highest BCUT2D eigenvalue weighted by Gasteiger charge is 2.23. The van der Waals surface area contributed by atoms with E-state index in [9.17, 15) is 9.59 Å². The molecule has 0 spiro atoms. The molecule has 0 aliphatic carbocycles. The van der Waals surface area contributed by atoms with Crippen LogP contribution < -0.4 is 9.47 Å². The van der Waals surface area contributed by atoms with Crippen LogP contribution in [0, 0.1) is 0 Å². The lowest BCUT2D eigenvalue weighted by molar-refractivity contribution is -0.130. The van der Waals surface area contributed by atoms with Gasteiger partial charge in [0.15, 0.2) is 11.5 Å². The van der Waals surface area contributed by atoms with Crippen LogP contribution in [0.4, 0.5) is 0 Å². The van der Waals surface area contributed by atoms with Crippen LogP contribution in [-0.2, 0) is 11.2 Å². The van der Waals surface area contributed by atoms with E-state index in [0.717, 1.165) is 12.0 Å². The molecule has 1 aliphatic rings. The van der Waals surface area contributed by atoms with E-state index in [1.54, 1.807) is 37.4 Å². The molecule has 7 nitrogen and oxygen atoms in total. The maximum Gasteiger partial charge on any atom is 0.270 e. The number of aromatic nitrogens is 1. The van der Waals surface area contributed by atoms with E-state index in [4.69, 9.17) is 9.47 Å². The van der Waals surface area contributed by atoms with Gasteiger partial charge >= 0.3 is 0 Å². The molecule has 1 aromatic carbocycles. The minimum Gasteiger partial charge on any atom is -0.493 e. The predicted molar refractivity (Wildman–Crippen MR) is 101 cm³/mol. The van der Waals surface area contributed by atoms with Crippen molar-refractivity contribution in [3.63, 3.8) is 0 Å². The summed E-state index contributed by atoms with van der Waals surface area (Å²) in [6, 6.07) is 9.09. The molecule has 1 saturated heterocycles. The Bertz CT molecular complexity index is 789. The number of hydrogen-bond donors (Lipinski definition) is 1. The standard InChI is InChI=1S/C20H25N3O4/c1-26-17-7-6-15(13-18(17)27-2)14-19(24)22-9-4-10-23(12-11-22)20(25)16-5-3-8-21-16/h3,5-8,13,21H,4,9-12,14H2,1-2H3. The van der Waals surface area contributed by atoms with Crippen LogP contribution in [0.3, 0.4) is 0 Å². The van der Waals surface area contributed by atoms with Crippen molar-refractivity contribution < 1.29 is 19.1 Å². The molecule has 7 heteroatoms. The highest BCUT2D eigenvalue weighted by Crippen LogP contribution is 2.27. The average molecular weight is 371 g/mol. The number of amides is 2. The molecule has 2 heterocycles. The first kappa shape index (κ1) is 18.8. The SMILES string of the molecule is COc1ccc(CC(=O)N2CCCN(C(=O)c3ccc[nH]3)CC2)cc1OC. The Hall–Kier alpha value is -2.96. The van der Waals surface area contributed by atoms with Gasteiger partial charge < -0.3 is 24.3 Å². The Morgan fingerprint density at radius 2 is 1.74 bits per heavy atom. The normalized spacial score (nSPS) is 14.6. The molecule has 0 bridgehead atoms. The summed E-state index contributed by atoms with van der Waals surface area (Å²) in [6.45, 7) is 2.38. The van der Waals surface area contributed by atoms with E-state index in [1.807, 2.05) is 23.1 Å². The quantitative estimate of drug-likeness (QED) is 0.872.